The highest BCUT2D eigenvalue weighted by Gasteiger charge is 2.25. The molecule has 1 unspecified atom stereocenters. The van der Waals surface area contributed by atoms with Crippen LogP contribution in [0.5, 0.6) is 0 Å². The summed E-state index contributed by atoms with van der Waals surface area (Å²) in [5, 5.41) is 0. The maximum atomic E-state index is 12.7. The Bertz CT molecular complexity index is 605. The van der Waals surface area contributed by atoms with Crippen molar-refractivity contribution in [1.29, 1.82) is 0 Å². The van der Waals surface area contributed by atoms with Gasteiger partial charge in [-0.25, -0.2) is 0 Å². The number of hydrogen-bond donors (Lipinski definition) is 0. The summed E-state index contributed by atoms with van der Waals surface area (Å²) < 4.78 is 5.47. The van der Waals surface area contributed by atoms with Crippen LogP contribution < -0.4 is 0 Å². The quantitative estimate of drug-likeness (QED) is 0.563. The van der Waals surface area contributed by atoms with E-state index in [9.17, 15) is 9.59 Å². The van der Waals surface area contributed by atoms with E-state index >= 15 is 0 Å². The van der Waals surface area contributed by atoms with Gasteiger partial charge in [-0.3, -0.25) is 9.59 Å². The number of hydrogen-bond acceptors (Lipinski definition) is 3. The van der Waals surface area contributed by atoms with Gasteiger partial charge in [0.15, 0.2) is 6.10 Å². The number of unbranched alkanes of at least 4 members (excludes halogenated alkanes) is 1. The van der Waals surface area contributed by atoms with E-state index in [2.05, 4.69) is 0 Å². The third kappa shape index (κ3) is 4.29. The molecule has 2 aromatic rings. The lowest BCUT2D eigenvalue weighted by molar-refractivity contribution is -0.147. The molecule has 0 aliphatic rings. The fourth-order valence-corrected chi connectivity index (χ4v) is 2.17. The van der Waals surface area contributed by atoms with E-state index in [1.54, 1.807) is 36.4 Å². The second kappa shape index (κ2) is 8.13. The molecule has 3 heteroatoms. The molecule has 0 aliphatic heterocycles. The Kier molecular flexibility index (Phi) is 5.90. The third-order valence-corrected chi connectivity index (χ3v) is 3.38. The lowest BCUT2D eigenvalue weighted by Gasteiger charge is -2.17. The summed E-state index contributed by atoms with van der Waals surface area (Å²) >= 11 is 0. The van der Waals surface area contributed by atoms with E-state index in [-0.39, 0.29) is 11.8 Å². The molecule has 0 saturated heterocycles. The van der Waals surface area contributed by atoms with Crippen LogP contribution in [0, 0.1) is 0 Å². The summed E-state index contributed by atoms with van der Waals surface area (Å²) in [4.78, 5) is 24.6. The van der Waals surface area contributed by atoms with E-state index in [0.29, 0.717) is 17.5 Å². The van der Waals surface area contributed by atoms with Crippen LogP contribution >= 0.6 is 0 Å². The van der Waals surface area contributed by atoms with Crippen molar-refractivity contribution in [2.24, 2.45) is 0 Å². The van der Waals surface area contributed by atoms with Crippen molar-refractivity contribution in [3.63, 3.8) is 0 Å². The second-order valence-corrected chi connectivity index (χ2v) is 5.11. The molecule has 0 N–H and O–H groups in total. The Hall–Kier alpha value is -2.42. The van der Waals surface area contributed by atoms with Crippen LogP contribution in [0.25, 0.3) is 0 Å². The van der Waals surface area contributed by atoms with Gasteiger partial charge in [-0.05, 0) is 6.42 Å². The second-order valence-electron chi connectivity index (χ2n) is 5.11. The predicted molar refractivity (Wildman–Crippen MR) is 85.6 cm³/mol. The zero-order valence-electron chi connectivity index (χ0n) is 12.7. The largest absolute Gasteiger partial charge is 0.449 e. The highest BCUT2D eigenvalue weighted by atomic mass is 16.5. The molecule has 0 bridgehead atoms. The molecule has 22 heavy (non-hydrogen) atoms. The number of carbonyl (C=O) groups excluding carboxylic acids is 2. The van der Waals surface area contributed by atoms with Gasteiger partial charge in [0.2, 0.25) is 5.78 Å². The van der Waals surface area contributed by atoms with Gasteiger partial charge in [0.25, 0.3) is 0 Å². The van der Waals surface area contributed by atoms with Crippen molar-refractivity contribution in [2.45, 2.75) is 32.3 Å². The zero-order chi connectivity index (χ0) is 15.8. The normalized spacial score (nSPS) is 11.7. The van der Waals surface area contributed by atoms with Crippen LogP contribution in [0.2, 0.25) is 0 Å². The number of esters is 1. The third-order valence-electron chi connectivity index (χ3n) is 3.38. The van der Waals surface area contributed by atoms with Crippen LogP contribution in [-0.2, 0) is 9.53 Å². The molecule has 2 rings (SSSR count). The predicted octanol–water partition coefficient (Wildman–Crippen LogP) is 4.34. The van der Waals surface area contributed by atoms with Gasteiger partial charge in [0, 0.05) is 17.5 Å². The number of benzene rings is 2. The number of rotatable bonds is 7. The first-order valence-corrected chi connectivity index (χ1v) is 7.56. The van der Waals surface area contributed by atoms with Gasteiger partial charge in [0.1, 0.15) is 0 Å². The maximum Gasteiger partial charge on any atom is 0.306 e. The topological polar surface area (TPSA) is 43.4 Å². The molecule has 2 aromatic carbocycles. The van der Waals surface area contributed by atoms with Gasteiger partial charge in [-0.15, -0.1) is 0 Å². The monoisotopic (exact) mass is 296 g/mol. The Morgan fingerprint density at radius 2 is 1.55 bits per heavy atom. The molecule has 0 aromatic heterocycles. The van der Waals surface area contributed by atoms with Crippen molar-refractivity contribution >= 4 is 11.8 Å². The molecule has 0 fully saturated rings. The number of carbonyl (C=O) groups is 2. The van der Waals surface area contributed by atoms with Crippen molar-refractivity contribution in [2.75, 3.05) is 0 Å². The fraction of sp³-hybridized carbons (Fsp3) is 0.263. The molecule has 0 heterocycles. The van der Waals surface area contributed by atoms with E-state index in [1.807, 2.05) is 31.2 Å². The zero-order valence-corrected chi connectivity index (χ0v) is 12.7. The minimum Gasteiger partial charge on any atom is -0.449 e. The lowest BCUT2D eigenvalue weighted by Crippen LogP contribution is -2.20. The minimum atomic E-state index is -0.882. The van der Waals surface area contributed by atoms with Crippen LogP contribution in [0.15, 0.2) is 60.7 Å². The Morgan fingerprint density at radius 3 is 2.14 bits per heavy atom. The Balaban J connectivity index is 2.22. The summed E-state index contributed by atoms with van der Waals surface area (Å²) in [6.07, 6.45) is 1.13. The first kappa shape index (κ1) is 16.0. The van der Waals surface area contributed by atoms with Crippen molar-refractivity contribution in [3.8, 4) is 0 Å². The molecule has 0 radical (unpaired) electrons. The van der Waals surface area contributed by atoms with Gasteiger partial charge >= 0.3 is 5.97 Å². The average Bonchev–Trinajstić information content (AvgIpc) is 2.59. The first-order valence-electron chi connectivity index (χ1n) is 7.56. The fourth-order valence-electron chi connectivity index (χ4n) is 2.17. The Morgan fingerprint density at radius 1 is 0.955 bits per heavy atom. The van der Waals surface area contributed by atoms with Gasteiger partial charge in [0.05, 0.1) is 0 Å². The Labute approximate surface area is 130 Å². The van der Waals surface area contributed by atoms with Gasteiger partial charge in [-0.1, -0.05) is 74.0 Å². The summed E-state index contributed by atoms with van der Waals surface area (Å²) in [6, 6.07) is 18.1. The number of ether oxygens (including phenoxy) is 1. The van der Waals surface area contributed by atoms with Crippen LogP contribution in [0.4, 0.5) is 0 Å². The summed E-state index contributed by atoms with van der Waals surface area (Å²) in [5.41, 5.74) is 1.24. The molecule has 0 spiro atoms. The highest BCUT2D eigenvalue weighted by Crippen LogP contribution is 2.23. The smallest absolute Gasteiger partial charge is 0.306 e. The van der Waals surface area contributed by atoms with Crippen LogP contribution in [0.3, 0.4) is 0 Å². The molecule has 0 aliphatic carbocycles. The molecule has 0 amide bonds. The van der Waals surface area contributed by atoms with E-state index in [4.69, 9.17) is 4.74 Å². The van der Waals surface area contributed by atoms with Gasteiger partial charge in [-0.2, -0.15) is 0 Å². The van der Waals surface area contributed by atoms with E-state index < -0.39 is 6.10 Å². The summed E-state index contributed by atoms with van der Waals surface area (Å²) in [6.45, 7) is 2.01. The van der Waals surface area contributed by atoms with Gasteiger partial charge < -0.3 is 4.74 Å². The lowest BCUT2D eigenvalue weighted by atomic mass is 10.00. The van der Waals surface area contributed by atoms with E-state index in [0.717, 1.165) is 12.8 Å². The summed E-state index contributed by atoms with van der Waals surface area (Å²) in [5.74, 6) is -0.531. The number of Topliss-reactive ketones (excluding diaryl/α,β-unsaturated/α-hetero) is 1. The van der Waals surface area contributed by atoms with Crippen molar-refractivity contribution in [3.05, 3.63) is 71.8 Å². The SMILES string of the molecule is CCCCC(=O)OC(C(=O)c1ccccc1)c1ccccc1. The van der Waals surface area contributed by atoms with Crippen LogP contribution in [-0.4, -0.2) is 11.8 Å². The minimum absolute atomic E-state index is 0.198. The highest BCUT2D eigenvalue weighted by molar-refractivity contribution is 6.00. The molecular formula is C19H20O3. The van der Waals surface area contributed by atoms with E-state index in [1.165, 1.54) is 0 Å². The molecule has 114 valence electrons. The summed E-state index contributed by atoms with van der Waals surface area (Å²) in [7, 11) is 0. The standard InChI is InChI=1S/C19H20O3/c1-2-3-14-17(20)22-19(16-12-8-5-9-13-16)18(21)15-10-6-4-7-11-15/h4-13,19H,2-3,14H2,1H3. The first-order chi connectivity index (χ1) is 10.7. The molecule has 1 atom stereocenters. The average molecular weight is 296 g/mol. The molecule has 0 saturated carbocycles. The molecular weight excluding hydrogens is 276 g/mol. The molecule has 3 nitrogen and oxygen atoms in total. The van der Waals surface area contributed by atoms with Crippen molar-refractivity contribution in [1.82, 2.24) is 0 Å². The number of ketones is 1. The van der Waals surface area contributed by atoms with Crippen LogP contribution in [0.1, 0.15) is 48.2 Å². The van der Waals surface area contributed by atoms with Crippen molar-refractivity contribution < 1.29 is 14.3 Å². The maximum absolute atomic E-state index is 12.7.